The molecule has 10 heteroatoms. The van der Waals surface area contributed by atoms with Gasteiger partial charge in [-0.2, -0.15) is 0 Å². The molecule has 2 heterocycles. The van der Waals surface area contributed by atoms with Crippen molar-refractivity contribution in [2.24, 2.45) is 0 Å². The van der Waals surface area contributed by atoms with E-state index in [0.29, 0.717) is 30.2 Å². The molecule has 1 saturated heterocycles. The summed E-state index contributed by atoms with van der Waals surface area (Å²) >= 11 is 0. The number of nitrogens with one attached hydrogen (secondary N) is 1. The molecule has 2 aromatic carbocycles. The van der Waals surface area contributed by atoms with Crippen molar-refractivity contribution in [3.8, 4) is 22.9 Å². The maximum atomic E-state index is 13.1. The molecule has 0 radical (unpaired) electrons. The number of carbonyl (C=O) groups is 1. The number of nitrogens with zero attached hydrogens (tertiary/aromatic N) is 4. The lowest BCUT2D eigenvalue weighted by Crippen LogP contribution is -2.47. The molecule has 1 N–H and O–H groups in total. The number of benzene rings is 2. The molecule has 0 saturated carbocycles. The minimum Gasteiger partial charge on any atom is -0.493 e. The van der Waals surface area contributed by atoms with Crippen molar-refractivity contribution in [2.45, 2.75) is 19.4 Å². The highest BCUT2D eigenvalue weighted by molar-refractivity contribution is 5.76. The van der Waals surface area contributed by atoms with Crippen LogP contribution in [0.25, 0.3) is 11.4 Å². The summed E-state index contributed by atoms with van der Waals surface area (Å²) in [4.78, 5) is 31.8. The number of ether oxygens (including phenoxy) is 2. The minimum atomic E-state index is -0.378. The number of hydrogen-bond acceptors (Lipinski definition) is 7. The lowest BCUT2D eigenvalue weighted by Gasteiger charge is -2.32. The fourth-order valence-electron chi connectivity index (χ4n) is 3.77. The van der Waals surface area contributed by atoms with Crippen LogP contribution < -0.4 is 15.0 Å². The van der Waals surface area contributed by atoms with Gasteiger partial charge in [-0.15, -0.1) is 10.2 Å². The van der Waals surface area contributed by atoms with Crippen molar-refractivity contribution in [3.63, 3.8) is 0 Å². The van der Waals surface area contributed by atoms with E-state index in [1.807, 2.05) is 11.9 Å². The van der Waals surface area contributed by atoms with Crippen LogP contribution in [0.3, 0.4) is 0 Å². The number of piperazine rings is 1. The number of amides is 1. The Bertz CT molecular complexity index is 1220. The van der Waals surface area contributed by atoms with E-state index >= 15 is 0 Å². The molecule has 0 aliphatic carbocycles. The number of aryl methyl sites for hydroxylation is 1. The monoisotopic (exact) mass is 481 g/mol. The first-order valence-electron chi connectivity index (χ1n) is 11.4. The molecular weight excluding hydrogens is 453 g/mol. The maximum Gasteiger partial charge on any atom is 0.273 e. The van der Waals surface area contributed by atoms with Gasteiger partial charge in [0.2, 0.25) is 5.91 Å². The van der Waals surface area contributed by atoms with Gasteiger partial charge in [-0.3, -0.25) is 9.59 Å². The molecule has 4 rings (SSSR count). The van der Waals surface area contributed by atoms with Crippen LogP contribution in [0, 0.1) is 5.82 Å². The van der Waals surface area contributed by atoms with Crippen LogP contribution in [0.4, 0.5) is 4.39 Å². The van der Waals surface area contributed by atoms with Crippen molar-refractivity contribution in [1.82, 2.24) is 25.0 Å². The quantitative estimate of drug-likeness (QED) is 0.527. The first-order chi connectivity index (χ1) is 16.9. The molecule has 1 aromatic heterocycles. The van der Waals surface area contributed by atoms with E-state index in [9.17, 15) is 14.0 Å². The van der Waals surface area contributed by atoms with E-state index in [1.165, 1.54) is 19.2 Å². The average Bonchev–Trinajstić information content (AvgIpc) is 2.87. The topological polar surface area (TPSA) is 101 Å². The van der Waals surface area contributed by atoms with Gasteiger partial charge in [-0.1, -0.05) is 12.1 Å². The molecule has 1 aliphatic rings. The second-order valence-corrected chi connectivity index (χ2v) is 8.41. The van der Waals surface area contributed by atoms with Crippen molar-refractivity contribution in [1.29, 1.82) is 0 Å². The number of H-pyrrole nitrogens is 1. The van der Waals surface area contributed by atoms with Gasteiger partial charge in [0, 0.05) is 44.6 Å². The highest BCUT2D eigenvalue weighted by Gasteiger charge is 2.19. The maximum absolute atomic E-state index is 13.1. The SMILES string of the molecule is COc1cc(-c2nnc(CCC(=O)N3CCN(C)CC3)c(=O)[nH]2)ccc1OCc1ccc(F)cc1. The molecule has 9 nitrogen and oxygen atoms in total. The van der Waals surface area contributed by atoms with E-state index in [0.717, 1.165) is 18.7 Å². The second-order valence-electron chi connectivity index (χ2n) is 8.41. The molecule has 3 aromatic rings. The Balaban J connectivity index is 1.40. The highest BCUT2D eigenvalue weighted by atomic mass is 19.1. The summed E-state index contributed by atoms with van der Waals surface area (Å²) in [7, 11) is 3.54. The smallest absolute Gasteiger partial charge is 0.273 e. The van der Waals surface area contributed by atoms with Crippen molar-refractivity contribution < 1.29 is 18.7 Å². The van der Waals surface area contributed by atoms with Gasteiger partial charge < -0.3 is 24.3 Å². The van der Waals surface area contributed by atoms with Gasteiger partial charge in [-0.25, -0.2) is 4.39 Å². The zero-order chi connectivity index (χ0) is 24.8. The van der Waals surface area contributed by atoms with Crippen LogP contribution in [0.15, 0.2) is 47.3 Å². The predicted molar refractivity (Wildman–Crippen MR) is 128 cm³/mol. The van der Waals surface area contributed by atoms with Crippen LogP contribution in [-0.2, 0) is 17.8 Å². The van der Waals surface area contributed by atoms with Crippen molar-refractivity contribution in [3.05, 3.63) is 69.9 Å². The molecule has 1 amide bonds. The summed E-state index contributed by atoms with van der Waals surface area (Å²) in [6, 6.07) is 11.2. The number of aromatic amines is 1. The molecule has 1 aliphatic heterocycles. The normalized spacial score (nSPS) is 14.1. The number of likely N-dealkylation sites (N-methyl/N-ethyl adjacent to an activating group) is 1. The third-order valence-electron chi connectivity index (χ3n) is 5.94. The Hall–Kier alpha value is -3.79. The minimum absolute atomic E-state index is 0.0179. The zero-order valence-electron chi connectivity index (χ0n) is 19.8. The fourth-order valence-corrected chi connectivity index (χ4v) is 3.77. The molecule has 0 unspecified atom stereocenters. The number of aromatic nitrogens is 3. The Morgan fingerprint density at radius 3 is 2.49 bits per heavy atom. The lowest BCUT2D eigenvalue weighted by molar-refractivity contribution is -0.132. The third kappa shape index (κ3) is 6.21. The summed E-state index contributed by atoms with van der Waals surface area (Å²) in [5.41, 5.74) is 1.26. The van der Waals surface area contributed by atoms with E-state index < -0.39 is 0 Å². The lowest BCUT2D eigenvalue weighted by atomic mass is 10.1. The molecule has 35 heavy (non-hydrogen) atoms. The highest BCUT2D eigenvalue weighted by Crippen LogP contribution is 2.31. The summed E-state index contributed by atoms with van der Waals surface area (Å²) in [6.45, 7) is 3.33. The zero-order valence-corrected chi connectivity index (χ0v) is 19.8. The van der Waals surface area contributed by atoms with Gasteiger partial charge in [0.25, 0.3) is 5.56 Å². The first kappa shape index (κ1) is 24.3. The average molecular weight is 482 g/mol. The standard InChI is InChI=1S/C25H28FN5O4/c1-30-11-13-31(14-12-30)23(32)10-8-20-25(33)27-24(29-28-20)18-5-9-21(22(15-18)34-2)35-16-17-3-6-19(26)7-4-17/h3-7,9,15H,8,10-14,16H2,1-2H3,(H,27,29,33). The van der Waals surface area contributed by atoms with Crippen LogP contribution in [0.1, 0.15) is 17.7 Å². The molecule has 0 spiro atoms. The number of carbonyl (C=O) groups excluding carboxylic acids is 1. The summed E-state index contributed by atoms with van der Waals surface area (Å²) < 4.78 is 24.3. The van der Waals surface area contributed by atoms with Gasteiger partial charge >= 0.3 is 0 Å². The van der Waals surface area contributed by atoms with E-state index in [1.54, 1.807) is 30.3 Å². The predicted octanol–water partition coefficient (Wildman–Crippen LogP) is 2.27. The molecule has 0 bridgehead atoms. The van der Waals surface area contributed by atoms with Gasteiger partial charge in [-0.05, 0) is 42.9 Å². The van der Waals surface area contributed by atoms with Gasteiger partial charge in [0.05, 0.1) is 7.11 Å². The molecule has 184 valence electrons. The second kappa shape index (κ2) is 11.1. The largest absolute Gasteiger partial charge is 0.493 e. The first-order valence-corrected chi connectivity index (χ1v) is 11.4. The van der Waals surface area contributed by atoms with E-state index in [2.05, 4.69) is 20.1 Å². The third-order valence-corrected chi connectivity index (χ3v) is 5.94. The summed E-state index contributed by atoms with van der Waals surface area (Å²) in [5, 5.41) is 8.22. The fraction of sp³-hybridized carbons (Fsp3) is 0.360. The van der Waals surface area contributed by atoms with Gasteiger partial charge in [0.15, 0.2) is 17.3 Å². The van der Waals surface area contributed by atoms with E-state index in [4.69, 9.17) is 9.47 Å². The number of methoxy groups -OCH3 is 1. The molecular formula is C25H28FN5O4. The number of halogens is 1. The van der Waals surface area contributed by atoms with Crippen LogP contribution in [0.2, 0.25) is 0 Å². The Kier molecular flexibility index (Phi) is 7.71. The number of rotatable bonds is 8. The van der Waals surface area contributed by atoms with Crippen LogP contribution in [-0.4, -0.2) is 71.2 Å². The summed E-state index contributed by atoms with van der Waals surface area (Å²) in [5.74, 6) is 0.944. The van der Waals surface area contributed by atoms with Crippen LogP contribution >= 0.6 is 0 Å². The Labute approximate surface area is 202 Å². The van der Waals surface area contributed by atoms with Crippen LogP contribution in [0.5, 0.6) is 11.5 Å². The molecule has 1 fully saturated rings. The van der Waals surface area contributed by atoms with Crippen molar-refractivity contribution >= 4 is 5.91 Å². The Morgan fingerprint density at radius 2 is 1.80 bits per heavy atom. The molecule has 0 atom stereocenters. The summed E-state index contributed by atoms with van der Waals surface area (Å²) in [6.07, 6.45) is 0.446. The van der Waals surface area contributed by atoms with Crippen molar-refractivity contribution in [2.75, 3.05) is 40.3 Å². The van der Waals surface area contributed by atoms with Gasteiger partial charge in [0.1, 0.15) is 18.1 Å². The van der Waals surface area contributed by atoms with E-state index in [-0.39, 0.29) is 48.3 Å². The number of hydrogen-bond donors (Lipinski definition) is 1. The Morgan fingerprint density at radius 1 is 1.06 bits per heavy atom.